The first kappa shape index (κ1) is 24.4. The molecule has 6 rings (SSSR count). The van der Waals surface area contributed by atoms with E-state index >= 15 is 0 Å². The van der Waals surface area contributed by atoms with Crippen molar-refractivity contribution < 1.29 is 13.9 Å². The van der Waals surface area contributed by atoms with E-state index in [1.807, 2.05) is 44.3 Å². The Bertz CT molecular complexity index is 1540. The summed E-state index contributed by atoms with van der Waals surface area (Å²) in [5.74, 6) is 0.730. The van der Waals surface area contributed by atoms with Crippen molar-refractivity contribution in [2.75, 3.05) is 18.6 Å². The third-order valence-electron chi connectivity index (χ3n) is 7.45. The van der Waals surface area contributed by atoms with Gasteiger partial charge < -0.3 is 14.6 Å². The molecule has 1 aliphatic carbocycles. The maximum atomic E-state index is 14.2. The number of rotatable bonds is 8. The SMILES string of the molecule is COC1(CNCc2cc(C)nc(N3Cc4ccc(-c5ccc(F)cc5-c5nncn5C)cc4C3=O)c2)CC1. The number of pyridine rings is 1. The topological polar surface area (TPSA) is 85.2 Å². The highest BCUT2D eigenvalue weighted by molar-refractivity contribution is 6.10. The van der Waals surface area contributed by atoms with Crippen molar-refractivity contribution in [2.24, 2.45) is 7.05 Å². The molecule has 0 spiro atoms. The molecule has 2 aromatic heterocycles. The second kappa shape index (κ2) is 9.41. The molecular weight excluding hydrogens is 483 g/mol. The van der Waals surface area contributed by atoms with E-state index < -0.39 is 0 Å². The van der Waals surface area contributed by atoms with Crippen LogP contribution in [0.2, 0.25) is 0 Å². The predicted molar refractivity (Wildman–Crippen MR) is 142 cm³/mol. The molecule has 1 N–H and O–H groups in total. The van der Waals surface area contributed by atoms with Crippen molar-refractivity contribution in [1.82, 2.24) is 25.1 Å². The van der Waals surface area contributed by atoms with E-state index in [0.717, 1.165) is 47.3 Å². The molecule has 2 aliphatic rings. The number of hydrogen-bond donors (Lipinski definition) is 1. The molecule has 1 aliphatic heterocycles. The zero-order valence-electron chi connectivity index (χ0n) is 21.7. The van der Waals surface area contributed by atoms with E-state index in [-0.39, 0.29) is 17.3 Å². The van der Waals surface area contributed by atoms with Crippen LogP contribution in [-0.4, -0.2) is 44.9 Å². The number of benzene rings is 2. The van der Waals surface area contributed by atoms with Gasteiger partial charge in [-0.3, -0.25) is 9.69 Å². The molecule has 9 heteroatoms. The van der Waals surface area contributed by atoms with Gasteiger partial charge in [-0.2, -0.15) is 0 Å². The number of aromatic nitrogens is 4. The van der Waals surface area contributed by atoms with Crippen LogP contribution >= 0.6 is 0 Å². The van der Waals surface area contributed by atoms with E-state index in [9.17, 15) is 9.18 Å². The molecule has 1 saturated carbocycles. The first-order chi connectivity index (χ1) is 18.4. The monoisotopic (exact) mass is 512 g/mol. The molecule has 0 atom stereocenters. The third-order valence-corrected chi connectivity index (χ3v) is 7.45. The largest absolute Gasteiger partial charge is 0.377 e. The summed E-state index contributed by atoms with van der Waals surface area (Å²) in [7, 11) is 3.58. The predicted octanol–water partition coefficient (Wildman–Crippen LogP) is 4.42. The van der Waals surface area contributed by atoms with Gasteiger partial charge in [-0.25, -0.2) is 9.37 Å². The molecule has 1 amide bonds. The van der Waals surface area contributed by atoms with E-state index in [2.05, 4.69) is 20.5 Å². The molecule has 8 nitrogen and oxygen atoms in total. The zero-order chi connectivity index (χ0) is 26.4. The van der Waals surface area contributed by atoms with Crippen LogP contribution in [0.3, 0.4) is 0 Å². The molecule has 0 unspecified atom stereocenters. The maximum Gasteiger partial charge on any atom is 0.260 e. The van der Waals surface area contributed by atoms with Crippen LogP contribution in [0.5, 0.6) is 0 Å². The standard InChI is InChI=1S/C29H29FN6O2/c1-18-10-19(14-31-16-29(38-3)8-9-29)11-26(33-18)36-15-21-5-4-20(12-24(21)28(36)37)23-7-6-22(30)13-25(23)27-34-32-17-35(27)2/h4-7,10-13,17,31H,8-9,14-16H2,1-3H3. The maximum absolute atomic E-state index is 14.2. The fourth-order valence-electron chi connectivity index (χ4n) is 5.12. The van der Waals surface area contributed by atoms with Crippen molar-refractivity contribution in [3.8, 4) is 22.5 Å². The quantitative estimate of drug-likeness (QED) is 0.376. The summed E-state index contributed by atoms with van der Waals surface area (Å²) in [6.07, 6.45) is 3.74. The lowest BCUT2D eigenvalue weighted by atomic mass is 9.96. The Balaban J connectivity index is 1.27. The van der Waals surface area contributed by atoms with E-state index in [1.54, 1.807) is 29.0 Å². The number of halogens is 1. The highest BCUT2D eigenvalue weighted by Crippen LogP contribution is 2.38. The minimum absolute atomic E-state index is 0.0215. The summed E-state index contributed by atoms with van der Waals surface area (Å²) >= 11 is 0. The van der Waals surface area contributed by atoms with Crippen LogP contribution in [0.4, 0.5) is 10.2 Å². The summed E-state index contributed by atoms with van der Waals surface area (Å²) in [5, 5.41) is 11.6. The molecule has 38 heavy (non-hydrogen) atoms. The van der Waals surface area contributed by atoms with Crippen molar-refractivity contribution in [3.63, 3.8) is 0 Å². The number of carbonyl (C=O) groups excluding carboxylic acids is 1. The van der Waals surface area contributed by atoms with Gasteiger partial charge in [0.1, 0.15) is 18.0 Å². The van der Waals surface area contributed by atoms with Gasteiger partial charge in [-0.05, 0) is 72.4 Å². The second-order valence-corrected chi connectivity index (χ2v) is 10.2. The van der Waals surface area contributed by atoms with E-state index in [1.165, 1.54) is 12.1 Å². The molecule has 0 bridgehead atoms. The van der Waals surface area contributed by atoms with Gasteiger partial charge in [0.2, 0.25) is 0 Å². The van der Waals surface area contributed by atoms with Gasteiger partial charge >= 0.3 is 0 Å². The Morgan fingerprint density at radius 3 is 2.66 bits per heavy atom. The molecule has 0 radical (unpaired) electrons. The highest BCUT2D eigenvalue weighted by atomic mass is 19.1. The van der Waals surface area contributed by atoms with Crippen molar-refractivity contribution >= 4 is 11.7 Å². The number of methoxy groups -OCH3 is 1. The van der Waals surface area contributed by atoms with Crippen LogP contribution in [0.15, 0.2) is 54.9 Å². The number of anilines is 1. The van der Waals surface area contributed by atoms with Crippen molar-refractivity contribution in [1.29, 1.82) is 0 Å². The van der Waals surface area contributed by atoms with Crippen LogP contribution < -0.4 is 10.2 Å². The lowest BCUT2D eigenvalue weighted by molar-refractivity contribution is 0.0796. The van der Waals surface area contributed by atoms with Crippen molar-refractivity contribution in [3.05, 3.63) is 83.1 Å². The lowest BCUT2D eigenvalue weighted by Crippen LogP contribution is -2.30. The lowest BCUT2D eigenvalue weighted by Gasteiger charge is -2.18. The van der Waals surface area contributed by atoms with Gasteiger partial charge in [-0.1, -0.05) is 18.2 Å². The summed E-state index contributed by atoms with van der Waals surface area (Å²) < 4.78 is 21.5. The van der Waals surface area contributed by atoms with Gasteiger partial charge in [-0.15, -0.1) is 10.2 Å². The number of aryl methyl sites for hydroxylation is 2. The van der Waals surface area contributed by atoms with Crippen LogP contribution in [0.25, 0.3) is 22.5 Å². The van der Waals surface area contributed by atoms with Gasteiger partial charge in [0.15, 0.2) is 5.82 Å². The Morgan fingerprint density at radius 2 is 1.92 bits per heavy atom. The zero-order valence-corrected chi connectivity index (χ0v) is 21.7. The molecular formula is C29H29FN6O2. The Labute approximate surface area is 220 Å². The molecule has 3 heterocycles. The molecule has 2 aromatic carbocycles. The smallest absolute Gasteiger partial charge is 0.260 e. The number of fused-ring (bicyclic) bond motifs is 1. The fourth-order valence-corrected chi connectivity index (χ4v) is 5.12. The van der Waals surface area contributed by atoms with Crippen LogP contribution in [0, 0.1) is 12.7 Å². The summed E-state index contributed by atoms with van der Waals surface area (Å²) in [6.45, 7) is 3.87. The van der Waals surface area contributed by atoms with E-state index in [4.69, 9.17) is 4.74 Å². The number of amides is 1. The highest BCUT2D eigenvalue weighted by Gasteiger charge is 2.42. The number of carbonyl (C=O) groups is 1. The average molecular weight is 513 g/mol. The Kier molecular flexibility index (Phi) is 6.04. The summed E-state index contributed by atoms with van der Waals surface area (Å²) in [5.41, 5.74) is 5.67. The molecule has 1 fully saturated rings. The number of hydrogen-bond acceptors (Lipinski definition) is 6. The first-order valence-corrected chi connectivity index (χ1v) is 12.7. The van der Waals surface area contributed by atoms with Crippen LogP contribution in [0.1, 0.15) is 40.0 Å². The minimum Gasteiger partial charge on any atom is -0.377 e. The Hall–Kier alpha value is -3.95. The first-order valence-electron chi connectivity index (χ1n) is 12.7. The molecule has 0 saturated heterocycles. The second-order valence-electron chi connectivity index (χ2n) is 10.2. The minimum atomic E-state index is -0.361. The summed E-state index contributed by atoms with van der Waals surface area (Å²) in [4.78, 5) is 20.0. The van der Waals surface area contributed by atoms with Crippen LogP contribution in [-0.2, 0) is 24.9 Å². The summed E-state index contributed by atoms with van der Waals surface area (Å²) in [6, 6.07) is 14.4. The molecule has 194 valence electrons. The van der Waals surface area contributed by atoms with Gasteiger partial charge in [0.05, 0.1) is 12.1 Å². The average Bonchev–Trinajstić information content (AvgIpc) is 3.44. The fraction of sp³-hybridized carbons (Fsp3) is 0.310. The third kappa shape index (κ3) is 4.48. The van der Waals surface area contributed by atoms with Gasteiger partial charge in [0, 0.05) is 44.1 Å². The molecule has 4 aromatic rings. The number of ether oxygens (including phenoxy) is 1. The van der Waals surface area contributed by atoms with E-state index in [0.29, 0.717) is 35.9 Å². The number of nitrogens with zero attached hydrogens (tertiary/aromatic N) is 5. The normalized spacial score (nSPS) is 15.7. The Morgan fingerprint density at radius 1 is 1.08 bits per heavy atom. The number of nitrogens with one attached hydrogen (secondary N) is 1. The van der Waals surface area contributed by atoms with Crippen molar-refractivity contribution in [2.45, 2.75) is 38.5 Å². The van der Waals surface area contributed by atoms with Gasteiger partial charge in [0.25, 0.3) is 5.91 Å².